The average Bonchev–Trinajstić information content (AvgIpc) is 2.82. The molecule has 1 N–H and O–H groups in total. The summed E-state index contributed by atoms with van der Waals surface area (Å²) in [5.74, 6) is 0.564. The summed E-state index contributed by atoms with van der Waals surface area (Å²) in [6.45, 7) is 1.75. The summed E-state index contributed by atoms with van der Waals surface area (Å²) in [6.07, 6.45) is 3.32. The molecule has 0 radical (unpaired) electrons. The van der Waals surface area contributed by atoms with Crippen LogP contribution in [0.4, 0.5) is 0 Å². The molecule has 3 heteroatoms. The van der Waals surface area contributed by atoms with E-state index in [-0.39, 0.29) is 16.6 Å². The van der Waals surface area contributed by atoms with Crippen LogP contribution in [0.15, 0.2) is 33.5 Å². The molecule has 0 fully saturated rings. The van der Waals surface area contributed by atoms with Gasteiger partial charge in [-0.1, -0.05) is 6.07 Å². The van der Waals surface area contributed by atoms with Gasteiger partial charge in [0.15, 0.2) is 5.43 Å². The van der Waals surface area contributed by atoms with Gasteiger partial charge in [-0.3, -0.25) is 4.79 Å². The van der Waals surface area contributed by atoms with E-state index in [0.29, 0.717) is 11.3 Å². The number of fused-ring (bicyclic) bond motifs is 4. The van der Waals surface area contributed by atoms with Crippen molar-refractivity contribution < 1.29 is 9.52 Å². The van der Waals surface area contributed by atoms with Crippen LogP contribution in [0.1, 0.15) is 23.3 Å². The van der Waals surface area contributed by atoms with Crippen LogP contribution >= 0.6 is 0 Å². The van der Waals surface area contributed by atoms with Gasteiger partial charge in [0.25, 0.3) is 0 Å². The molecule has 0 spiro atoms. The smallest absolute Gasteiger partial charge is 0.196 e. The third-order valence-corrected chi connectivity index (χ3v) is 4.13. The molecule has 1 aromatic heterocycles. The minimum absolute atomic E-state index is 0.000744. The van der Waals surface area contributed by atoms with E-state index >= 15 is 0 Å². The average molecular weight is 266 g/mol. The summed E-state index contributed by atoms with van der Waals surface area (Å²) in [6, 6.07) is 7.31. The quantitative estimate of drug-likeness (QED) is 0.634. The van der Waals surface area contributed by atoms with Crippen molar-refractivity contribution in [3.8, 4) is 5.75 Å². The molecule has 0 amide bonds. The van der Waals surface area contributed by atoms with E-state index < -0.39 is 0 Å². The van der Waals surface area contributed by atoms with E-state index in [2.05, 4.69) is 12.1 Å². The third kappa shape index (κ3) is 1.49. The molecule has 2 aromatic carbocycles. The lowest BCUT2D eigenvalue weighted by atomic mass is 10.00. The Morgan fingerprint density at radius 1 is 1.10 bits per heavy atom. The Hall–Kier alpha value is -2.29. The van der Waals surface area contributed by atoms with Gasteiger partial charge >= 0.3 is 0 Å². The highest BCUT2D eigenvalue weighted by atomic mass is 16.3. The van der Waals surface area contributed by atoms with Crippen LogP contribution in [0, 0.1) is 6.92 Å². The number of hydrogen-bond donors (Lipinski definition) is 1. The van der Waals surface area contributed by atoms with Gasteiger partial charge in [0.05, 0.1) is 0 Å². The highest BCUT2D eigenvalue weighted by Crippen LogP contribution is 2.35. The third-order valence-electron chi connectivity index (χ3n) is 4.13. The SMILES string of the molecule is Cc1cc(=O)c2c(O)cc3cc4c(cc3c2o1)CCC4. The van der Waals surface area contributed by atoms with Crippen LogP contribution in [-0.4, -0.2) is 5.11 Å². The molecule has 20 heavy (non-hydrogen) atoms. The van der Waals surface area contributed by atoms with Crippen molar-refractivity contribution in [2.24, 2.45) is 0 Å². The molecule has 0 aliphatic heterocycles. The minimum atomic E-state index is -0.191. The van der Waals surface area contributed by atoms with Crippen LogP contribution in [0.25, 0.3) is 21.7 Å². The molecule has 0 unspecified atom stereocenters. The van der Waals surface area contributed by atoms with Gasteiger partial charge in [0.2, 0.25) is 0 Å². The second kappa shape index (κ2) is 3.85. The molecule has 3 nitrogen and oxygen atoms in total. The lowest BCUT2D eigenvalue weighted by molar-refractivity contribution is 0.479. The van der Waals surface area contributed by atoms with Crippen molar-refractivity contribution in [2.75, 3.05) is 0 Å². The summed E-state index contributed by atoms with van der Waals surface area (Å²) in [4.78, 5) is 12.1. The van der Waals surface area contributed by atoms with E-state index in [4.69, 9.17) is 4.42 Å². The number of aromatic hydroxyl groups is 1. The Kier molecular flexibility index (Phi) is 2.22. The fraction of sp³-hybridized carbons (Fsp3) is 0.235. The van der Waals surface area contributed by atoms with Gasteiger partial charge in [0, 0.05) is 11.5 Å². The number of benzene rings is 2. The Morgan fingerprint density at radius 2 is 1.85 bits per heavy atom. The number of rotatable bonds is 0. The normalized spacial score (nSPS) is 14.1. The lowest BCUT2D eigenvalue weighted by Crippen LogP contribution is -2.01. The van der Waals surface area contributed by atoms with Crippen LogP contribution in [0.3, 0.4) is 0 Å². The zero-order valence-electron chi connectivity index (χ0n) is 11.2. The molecule has 1 heterocycles. The van der Waals surface area contributed by atoms with Crippen LogP contribution in [-0.2, 0) is 12.8 Å². The van der Waals surface area contributed by atoms with Crippen LogP contribution < -0.4 is 5.43 Å². The highest BCUT2D eigenvalue weighted by molar-refractivity contribution is 6.07. The second-order valence-corrected chi connectivity index (χ2v) is 5.52. The van der Waals surface area contributed by atoms with Gasteiger partial charge in [-0.05, 0) is 54.8 Å². The minimum Gasteiger partial charge on any atom is -0.507 e. The largest absolute Gasteiger partial charge is 0.507 e. The first-order valence-corrected chi connectivity index (χ1v) is 6.85. The summed E-state index contributed by atoms with van der Waals surface area (Å²) >= 11 is 0. The maximum Gasteiger partial charge on any atom is 0.196 e. The van der Waals surface area contributed by atoms with Crippen LogP contribution in [0.2, 0.25) is 0 Å². The molecule has 1 aliphatic carbocycles. The fourth-order valence-corrected chi connectivity index (χ4v) is 3.22. The molecule has 100 valence electrons. The molecule has 4 rings (SSSR count). The zero-order valence-corrected chi connectivity index (χ0v) is 11.2. The Morgan fingerprint density at radius 3 is 2.65 bits per heavy atom. The van der Waals surface area contributed by atoms with Gasteiger partial charge in [-0.2, -0.15) is 0 Å². The molecular weight excluding hydrogens is 252 g/mol. The van der Waals surface area contributed by atoms with Crippen molar-refractivity contribution in [3.63, 3.8) is 0 Å². The van der Waals surface area contributed by atoms with Crippen molar-refractivity contribution in [1.29, 1.82) is 0 Å². The number of phenolic OH excluding ortho intramolecular Hbond substituents is 1. The molecule has 0 bridgehead atoms. The standard InChI is InChI=1S/C17H14O3/c1-9-5-14(18)16-15(19)8-12-6-10-3-2-4-11(10)7-13(12)17(16)20-9/h5-8,19H,2-4H2,1H3. The maximum absolute atomic E-state index is 12.1. The number of phenols is 1. The van der Waals surface area contributed by atoms with Gasteiger partial charge in [-0.15, -0.1) is 0 Å². The molecule has 1 aliphatic rings. The molecular formula is C17H14O3. The van der Waals surface area contributed by atoms with Crippen molar-refractivity contribution in [2.45, 2.75) is 26.2 Å². The maximum atomic E-state index is 12.1. The molecule has 0 saturated carbocycles. The fourth-order valence-electron chi connectivity index (χ4n) is 3.22. The van der Waals surface area contributed by atoms with Crippen molar-refractivity contribution >= 4 is 21.7 Å². The highest BCUT2D eigenvalue weighted by Gasteiger charge is 2.17. The summed E-state index contributed by atoms with van der Waals surface area (Å²) in [5.41, 5.74) is 2.98. The summed E-state index contributed by atoms with van der Waals surface area (Å²) in [7, 11) is 0. The molecule has 0 atom stereocenters. The van der Waals surface area contributed by atoms with Crippen molar-refractivity contribution in [1.82, 2.24) is 0 Å². The molecule has 3 aromatic rings. The van der Waals surface area contributed by atoms with E-state index in [1.165, 1.54) is 23.6 Å². The van der Waals surface area contributed by atoms with Crippen molar-refractivity contribution in [3.05, 3.63) is 51.4 Å². The Bertz CT molecular complexity index is 919. The first-order valence-electron chi connectivity index (χ1n) is 6.85. The van der Waals surface area contributed by atoms with E-state index in [1.54, 1.807) is 13.0 Å². The Balaban J connectivity index is 2.26. The predicted octanol–water partition coefficient (Wildman–Crippen LogP) is 3.45. The van der Waals surface area contributed by atoms with Gasteiger partial charge < -0.3 is 9.52 Å². The Labute approximate surface area is 115 Å². The van der Waals surface area contributed by atoms with E-state index in [1.807, 2.05) is 0 Å². The number of aryl methyl sites for hydroxylation is 3. The number of hydrogen-bond acceptors (Lipinski definition) is 3. The first kappa shape index (κ1) is 11.5. The molecule has 0 saturated heterocycles. The summed E-state index contributed by atoms with van der Waals surface area (Å²) in [5, 5.41) is 12.3. The topological polar surface area (TPSA) is 50.4 Å². The first-order chi connectivity index (χ1) is 9.63. The van der Waals surface area contributed by atoms with Crippen LogP contribution in [0.5, 0.6) is 5.75 Å². The predicted molar refractivity (Wildman–Crippen MR) is 78.4 cm³/mol. The van der Waals surface area contributed by atoms with E-state index in [0.717, 1.165) is 23.6 Å². The van der Waals surface area contributed by atoms with E-state index in [9.17, 15) is 9.90 Å². The second-order valence-electron chi connectivity index (χ2n) is 5.52. The van der Waals surface area contributed by atoms with Gasteiger partial charge in [-0.25, -0.2) is 0 Å². The van der Waals surface area contributed by atoms with Gasteiger partial charge in [0.1, 0.15) is 22.5 Å². The lowest BCUT2D eigenvalue weighted by Gasteiger charge is -2.08. The monoisotopic (exact) mass is 266 g/mol. The summed E-state index contributed by atoms with van der Waals surface area (Å²) < 4.78 is 5.74. The zero-order chi connectivity index (χ0) is 13.9.